The molecule has 0 radical (unpaired) electrons. The Bertz CT molecular complexity index is 446. The van der Waals surface area contributed by atoms with Crippen LogP contribution in [0.3, 0.4) is 0 Å². The van der Waals surface area contributed by atoms with Crippen LogP contribution >= 0.6 is 0 Å². The molecule has 1 aromatic rings. The van der Waals surface area contributed by atoms with E-state index in [1.807, 2.05) is 34.8 Å². The SMILES string of the molecule is Cn1cccc1C(=O)N1CCOC2(CCCC2)C1. The van der Waals surface area contributed by atoms with Crippen LogP contribution in [-0.2, 0) is 11.8 Å². The number of morpholine rings is 1. The van der Waals surface area contributed by atoms with Crippen molar-refractivity contribution in [3.8, 4) is 0 Å². The highest BCUT2D eigenvalue weighted by Gasteiger charge is 2.40. The van der Waals surface area contributed by atoms with E-state index in [0.29, 0.717) is 13.2 Å². The summed E-state index contributed by atoms with van der Waals surface area (Å²) in [5.74, 6) is 0.136. The first kappa shape index (κ1) is 11.8. The third-order valence-electron chi connectivity index (χ3n) is 4.21. The molecule has 0 aromatic carbocycles. The van der Waals surface area contributed by atoms with Gasteiger partial charge in [0.05, 0.1) is 18.8 Å². The van der Waals surface area contributed by atoms with Crippen molar-refractivity contribution in [2.75, 3.05) is 19.7 Å². The highest BCUT2D eigenvalue weighted by Crippen LogP contribution is 2.36. The molecule has 0 unspecified atom stereocenters. The molecule has 98 valence electrons. The van der Waals surface area contributed by atoms with Crippen molar-refractivity contribution in [3.63, 3.8) is 0 Å². The second kappa shape index (κ2) is 4.43. The predicted molar refractivity (Wildman–Crippen MR) is 68.5 cm³/mol. The van der Waals surface area contributed by atoms with Gasteiger partial charge < -0.3 is 14.2 Å². The van der Waals surface area contributed by atoms with E-state index in [2.05, 4.69) is 0 Å². The van der Waals surface area contributed by atoms with E-state index < -0.39 is 0 Å². The number of nitrogens with zero attached hydrogens (tertiary/aromatic N) is 2. The minimum atomic E-state index is -0.0426. The number of amides is 1. The molecule has 2 heterocycles. The molecule has 1 saturated carbocycles. The van der Waals surface area contributed by atoms with Gasteiger partial charge in [-0.05, 0) is 25.0 Å². The number of rotatable bonds is 1. The topological polar surface area (TPSA) is 34.5 Å². The molecule has 1 spiro atoms. The van der Waals surface area contributed by atoms with Crippen LogP contribution in [0.4, 0.5) is 0 Å². The third kappa shape index (κ3) is 1.94. The molecule has 0 atom stereocenters. The van der Waals surface area contributed by atoms with Crippen LogP contribution in [0.2, 0.25) is 0 Å². The zero-order valence-corrected chi connectivity index (χ0v) is 10.9. The lowest BCUT2D eigenvalue weighted by Gasteiger charge is -2.40. The molecular formula is C14H20N2O2. The van der Waals surface area contributed by atoms with Crippen molar-refractivity contribution in [2.24, 2.45) is 7.05 Å². The standard InChI is InChI=1S/C14H20N2O2/c1-15-8-4-5-12(15)13(17)16-9-10-18-14(11-16)6-2-3-7-14/h4-5,8H,2-3,6-7,9-11H2,1H3. The summed E-state index contributed by atoms with van der Waals surface area (Å²) < 4.78 is 7.84. The fourth-order valence-electron chi connectivity index (χ4n) is 3.19. The molecule has 3 rings (SSSR count). The minimum Gasteiger partial charge on any atom is -0.371 e. The van der Waals surface area contributed by atoms with Crippen LogP contribution in [0.1, 0.15) is 36.2 Å². The van der Waals surface area contributed by atoms with E-state index in [4.69, 9.17) is 4.74 Å². The molecular weight excluding hydrogens is 228 g/mol. The molecule has 0 N–H and O–H groups in total. The Morgan fingerprint density at radius 3 is 2.83 bits per heavy atom. The van der Waals surface area contributed by atoms with Crippen LogP contribution in [0, 0.1) is 0 Å². The maximum Gasteiger partial charge on any atom is 0.270 e. The maximum atomic E-state index is 12.5. The van der Waals surface area contributed by atoms with Gasteiger partial charge in [0, 0.05) is 19.8 Å². The average molecular weight is 248 g/mol. The van der Waals surface area contributed by atoms with Gasteiger partial charge in [-0.3, -0.25) is 4.79 Å². The Morgan fingerprint density at radius 1 is 1.39 bits per heavy atom. The first-order valence-corrected chi connectivity index (χ1v) is 6.75. The number of hydrogen-bond donors (Lipinski definition) is 0. The fraction of sp³-hybridized carbons (Fsp3) is 0.643. The van der Waals surface area contributed by atoms with Gasteiger partial charge in [0.1, 0.15) is 5.69 Å². The molecule has 4 heteroatoms. The molecule has 1 aromatic heterocycles. The Kier molecular flexibility index (Phi) is 2.90. The van der Waals surface area contributed by atoms with Crippen molar-refractivity contribution in [2.45, 2.75) is 31.3 Å². The largest absolute Gasteiger partial charge is 0.371 e. The van der Waals surface area contributed by atoms with E-state index in [1.165, 1.54) is 12.8 Å². The molecule has 0 bridgehead atoms. The smallest absolute Gasteiger partial charge is 0.270 e. The van der Waals surface area contributed by atoms with Crippen molar-refractivity contribution in [1.29, 1.82) is 0 Å². The van der Waals surface area contributed by atoms with Crippen LogP contribution in [-0.4, -0.2) is 40.7 Å². The number of ether oxygens (including phenoxy) is 1. The first-order valence-electron chi connectivity index (χ1n) is 6.75. The average Bonchev–Trinajstić information content (AvgIpc) is 2.98. The highest BCUT2D eigenvalue weighted by molar-refractivity contribution is 5.92. The monoisotopic (exact) mass is 248 g/mol. The Hall–Kier alpha value is -1.29. The van der Waals surface area contributed by atoms with E-state index in [1.54, 1.807) is 0 Å². The van der Waals surface area contributed by atoms with E-state index in [-0.39, 0.29) is 11.5 Å². The van der Waals surface area contributed by atoms with Crippen molar-refractivity contribution >= 4 is 5.91 Å². The highest BCUT2D eigenvalue weighted by atomic mass is 16.5. The van der Waals surface area contributed by atoms with E-state index in [0.717, 1.165) is 25.1 Å². The third-order valence-corrected chi connectivity index (χ3v) is 4.21. The summed E-state index contributed by atoms with van der Waals surface area (Å²) in [5.41, 5.74) is 0.726. The Morgan fingerprint density at radius 2 is 2.17 bits per heavy atom. The molecule has 4 nitrogen and oxygen atoms in total. The van der Waals surface area contributed by atoms with Crippen LogP contribution < -0.4 is 0 Å². The zero-order chi connectivity index (χ0) is 12.6. The van der Waals surface area contributed by atoms with Crippen LogP contribution in [0.25, 0.3) is 0 Å². The van der Waals surface area contributed by atoms with Gasteiger partial charge in [0.25, 0.3) is 5.91 Å². The van der Waals surface area contributed by atoms with E-state index in [9.17, 15) is 4.79 Å². The quantitative estimate of drug-likeness (QED) is 0.759. The molecule has 2 fully saturated rings. The summed E-state index contributed by atoms with van der Waals surface area (Å²) in [6.45, 7) is 2.15. The summed E-state index contributed by atoms with van der Waals surface area (Å²) in [5, 5.41) is 0. The summed E-state index contributed by atoms with van der Waals surface area (Å²) >= 11 is 0. The molecule has 1 aliphatic heterocycles. The lowest BCUT2D eigenvalue weighted by Crippen LogP contribution is -2.52. The van der Waals surface area contributed by atoms with E-state index >= 15 is 0 Å². The van der Waals surface area contributed by atoms with Gasteiger partial charge in [0.15, 0.2) is 0 Å². The molecule has 1 amide bonds. The fourth-order valence-corrected chi connectivity index (χ4v) is 3.19. The van der Waals surface area contributed by atoms with Gasteiger partial charge in [-0.25, -0.2) is 0 Å². The van der Waals surface area contributed by atoms with Crippen LogP contribution in [0.5, 0.6) is 0 Å². The number of carbonyl (C=O) groups is 1. The number of hydrogen-bond acceptors (Lipinski definition) is 2. The van der Waals surface area contributed by atoms with Gasteiger partial charge in [-0.2, -0.15) is 0 Å². The summed E-state index contributed by atoms with van der Waals surface area (Å²) in [6, 6.07) is 3.80. The normalized spacial score (nSPS) is 22.6. The van der Waals surface area contributed by atoms with Gasteiger partial charge in [-0.15, -0.1) is 0 Å². The zero-order valence-electron chi connectivity index (χ0n) is 10.9. The Balaban J connectivity index is 1.76. The Labute approximate surface area is 108 Å². The first-order chi connectivity index (χ1) is 8.70. The van der Waals surface area contributed by atoms with Crippen molar-refractivity contribution in [3.05, 3.63) is 24.0 Å². The lowest BCUT2D eigenvalue weighted by molar-refractivity contribution is -0.0949. The predicted octanol–water partition coefficient (Wildman–Crippen LogP) is 1.81. The maximum absolute atomic E-state index is 12.5. The van der Waals surface area contributed by atoms with Gasteiger partial charge in [-0.1, -0.05) is 12.8 Å². The second-order valence-electron chi connectivity index (χ2n) is 5.47. The van der Waals surface area contributed by atoms with Crippen molar-refractivity contribution in [1.82, 2.24) is 9.47 Å². The molecule has 1 saturated heterocycles. The molecule has 2 aliphatic rings. The second-order valence-corrected chi connectivity index (χ2v) is 5.47. The number of carbonyl (C=O) groups excluding carboxylic acids is 1. The molecule has 1 aliphatic carbocycles. The summed E-state index contributed by atoms with van der Waals surface area (Å²) in [4.78, 5) is 14.4. The number of aromatic nitrogens is 1. The summed E-state index contributed by atoms with van der Waals surface area (Å²) in [7, 11) is 1.92. The van der Waals surface area contributed by atoms with Crippen molar-refractivity contribution < 1.29 is 9.53 Å². The van der Waals surface area contributed by atoms with Gasteiger partial charge in [0.2, 0.25) is 0 Å². The number of aryl methyl sites for hydroxylation is 1. The van der Waals surface area contributed by atoms with Gasteiger partial charge >= 0.3 is 0 Å². The minimum absolute atomic E-state index is 0.0426. The summed E-state index contributed by atoms with van der Waals surface area (Å²) in [6.07, 6.45) is 6.57. The lowest BCUT2D eigenvalue weighted by atomic mass is 9.99. The molecule has 18 heavy (non-hydrogen) atoms. The van der Waals surface area contributed by atoms with Crippen LogP contribution in [0.15, 0.2) is 18.3 Å².